The lowest BCUT2D eigenvalue weighted by molar-refractivity contribution is 0.394. The highest BCUT2D eigenvalue weighted by atomic mass is 16.5. The molecule has 0 amide bonds. The van der Waals surface area contributed by atoms with Gasteiger partial charge in [0.2, 0.25) is 0 Å². The van der Waals surface area contributed by atoms with Crippen molar-refractivity contribution in [1.82, 2.24) is 19.9 Å². The van der Waals surface area contributed by atoms with Crippen LogP contribution in [0.1, 0.15) is 0 Å². The molecule has 7 rings (SSSR count). The SMILES string of the molecule is COc1cc(OC)cc(-c2nc(-c3ccccc3)c(-c3ccc(-c4[nH]c(-c5cc(OC)cc(OC)c5)nc4-c4ccccc4)cc3)[nH]2)c1. The van der Waals surface area contributed by atoms with E-state index in [1.807, 2.05) is 72.8 Å². The number of aromatic nitrogens is 4. The van der Waals surface area contributed by atoms with Crippen molar-refractivity contribution in [2.45, 2.75) is 0 Å². The molecule has 5 aromatic carbocycles. The molecule has 0 radical (unpaired) electrons. The lowest BCUT2D eigenvalue weighted by atomic mass is 10.0. The van der Waals surface area contributed by atoms with Crippen molar-refractivity contribution in [3.8, 4) is 90.8 Å². The first kappa shape index (κ1) is 30.4. The molecule has 0 aliphatic carbocycles. The van der Waals surface area contributed by atoms with E-state index in [1.165, 1.54) is 0 Å². The summed E-state index contributed by atoms with van der Waals surface area (Å²) in [6.45, 7) is 0. The first-order chi connectivity index (χ1) is 23.6. The quantitative estimate of drug-likeness (QED) is 0.156. The molecule has 0 bridgehead atoms. The van der Waals surface area contributed by atoms with Gasteiger partial charge in [0.15, 0.2) is 0 Å². The zero-order valence-electron chi connectivity index (χ0n) is 27.1. The van der Waals surface area contributed by atoms with Crippen molar-refractivity contribution in [2.24, 2.45) is 0 Å². The number of imidazole rings is 2. The van der Waals surface area contributed by atoms with E-state index in [1.54, 1.807) is 28.4 Å². The maximum Gasteiger partial charge on any atom is 0.138 e. The molecule has 48 heavy (non-hydrogen) atoms. The van der Waals surface area contributed by atoms with Crippen molar-refractivity contribution in [1.29, 1.82) is 0 Å². The summed E-state index contributed by atoms with van der Waals surface area (Å²) in [4.78, 5) is 17.3. The van der Waals surface area contributed by atoms with Gasteiger partial charge in [-0.3, -0.25) is 0 Å². The molecule has 0 fully saturated rings. The molecule has 0 atom stereocenters. The van der Waals surface area contributed by atoms with E-state index in [-0.39, 0.29) is 0 Å². The summed E-state index contributed by atoms with van der Waals surface area (Å²) < 4.78 is 22.1. The van der Waals surface area contributed by atoms with Crippen LogP contribution in [0.3, 0.4) is 0 Å². The summed E-state index contributed by atoms with van der Waals surface area (Å²) in [6.07, 6.45) is 0. The number of benzene rings is 5. The Labute approximate surface area is 279 Å². The van der Waals surface area contributed by atoms with Crippen LogP contribution < -0.4 is 18.9 Å². The monoisotopic (exact) mass is 634 g/mol. The Morgan fingerprint density at radius 2 is 0.708 bits per heavy atom. The van der Waals surface area contributed by atoms with E-state index in [0.29, 0.717) is 34.6 Å². The van der Waals surface area contributed by atoms with Gasteiger partial charge in [0.05, 0.1) is 51.2 Å². The predicted molar refractivity (Wildman–Crippen MR) is 190 cm³/mol. The van der Waals surface area contributed by atoms with Gasteiger partial charge in [-0.25, -0.2) is 9.97 Å². The maximum absolute atomic E-state index is 5.53. The number of nitrogens with one attached hydrogen (secondary N) is 2. The van der Waals surface area contributed by atoms with Crippen molar-refractivity contribution in [3.63, 3.8) is 0 Å². The van der Waals surface area contributed by atoms with Crippen LogP contribution in [0.4, 0.5) is 0 Å². The van der Waals surface area contributed by atoms with Gasteiger partial charge in [0, 0.05) is 45.5 Å². The zero-order chi connectivity index (χ0) is 33.0. The van der Waals surface area contributed by atoms with Crippen molar-refractivity contribution in [3.05, 3.63) is 121 Å². The molecule has 2 heterocycles. The topological polar surface area (TPSA) is 94.3 Å². The summed E-state index contributed by atoms with van der Waals surface area (Å²) in [5, 5.41) is 0. The maximum atomic E-state index is 5.53. The van der Waals surface area contributed by atoms with E-state index in [2.05, 4.69) is 58.5 Å². The average molecular weight is 635 g/mol. The van der Waals surface area contributed by atoms with Crippen molar-refractivity contribution >= 4 is 0 Å². The molecule has 2 aromatic heterocycles. The average Bonchev–Trinajstić information content (AvgIpc) is 3.81. The number of nitrogens with zero attached hydrogens (tertiary/aromatic N) is 2. The molecule has 8 nitrogen and oxygen atoms in total. The number of aromatic amines is 2. The number of H-pyrrole nitrogens is 2. The predicted octanol–water partition coefficient (Wildman–Crippen LogP) is 9.17. The minimum atomic E-state index is 0.688. The van der Waals surface area contributed by atoms with Crippen LogP contribution in [-0.2, 0) is 0 Å². The van der Waals surface area contributed by atoms with Crippen LogP contribution in [0.15, 0.2) is 121 Å². The summed E-state index contributed by atoms with van der Waals surface area (Å²) in [7, 11) is 6.57. The van der Waals surface area contributed by atoms with Gasteiger partial charge in [0.1, 0.15) is 34.6 Å². The third-order valence-electron chi connectivity index (χ3n) is 8.21. The largest absolute Gasteiger partial charge is 0.497 e. The zero-order valence-corrected chi connectivity index (χ0v) is 27.1. The highest BCUT2D eigenvalue weighted by molar-refractivity contribution is 5.85. The second-order valence-electron chi connectivity index (χ2n) is 11.1. The third-order valence-corrected chi connectivity index (χ3v) is 8.21. The van der Waals surface area contributed by atoms with Crippen molar-refractivity contribution in [2.75, 3.05) is 28.4 Å². The van der Waals surface area contributed by atoms with Crippen LogP contribution in [0, 0.1) is 0 Å². The first-order valence-corrected chi connectivity index (χ1v) is 15.5. The van der Waals surface area contributed by atoms with E-state index in [4.69, 9.17) is 28.9 Å². The highest BCUT2D eigenvalue weighted by Crippen LogP contribution is 2.38. The van der Waals surface area contributed by atoms with Gasteiger partial charge in [-0.2, -0.15) is 0 Å². The molecule has 0 aliphatic rings. The summed E-state index contributed by atoms with van der Waals surface area (Å²) in [5.74, 6) is 4.18. The van der Waals surface area contributed by atoms with Gasteiger partial charge in [-0.1, -0.05) is 84.9 Å². The minimum Gasteiger partial charge on any atom is -0.497 e. The Kier molecular flexibility index (Phi) is 8.36. The molecular formula is C40H34N4O4. The van der Waals surface area contributed by atoms with Gasteiger partial charge in [-0.05, 0) is 24.3 Å². The summed E-state index contributed by atoms with van der Waals surface area (Å²) in [6, 6.07) is 40.2. The molecule has 2 N–H and O–H groups in total. The van der Waals surface area contributed by atoms with Crippen LogP contribution in [0.5, 0.6) is 23.0 Å². The molecule has 7 aromatic rings. The Morgan fingerprint density at radius 3 is 1.02 bits per heavy atom. The fourth-order valence-electron chi connectivity index (χ4n) is 5.74. The molecule has 238 valence electrons. The molecule has 0 saturated carbocycles. The summed E-state index contributed by atoms with van der Waals surface area (Å²) >= 11 is 0. The van der Waals surface area contributed by atoms with Gasteiger partial charge >= 0.3 is 0 Å². The van der Waals surface area contributed by atoms with Crippen LogP contribution in [0.2, 0.25) is 0 Å². The fraction of sp³-hybridized carbons (Fsp3) is 0.100. The standard InChI is InChI=1S/C40H34N4O4/c1-45-31-19-29(20-32(23-31)46-2)39-41-35(25-11-7-5-8-12-25)37(43-39)27-15-17-28(18-16-27)38-36(26-13-9-6-10-14-26)42-40(44-38)30-21-33(47-3)24-34(22-30)48-4/h5-24H,1-4H3,(H,41,43)(H,42,44). The Balaban J connectivity index is 1.33. The van der Waals surface area contributed by atoms with Crippen molar-refractivity contribution < 1.29 is 18.9 Å². The fourth-order valence-corrected chi connectivity index (χ4v) is 5.74. The van der Waals surface area contributed by atoms with Crippen LogP contribution >= 0.6 is 0 Å². The first-order valence-electron chi connectivity index (χ1n) is 15.5. The summed E-state index contributed by atoms with van der Waals surface area (Å²) in [5.41, 5.74) is 9.22. The van der Waals surface area contributed by atoms with E-state index in [0.717, 1.165) is 56.2 Å². The molecule has 0 spiro atoms. The third kappa shape index (κ3) is 5.99. The Bertz CT molecular complexity index is 1970. The molecule has 0 aliphatic heterocycles. The number of rotatable bonds is 10. The van der Waals surface area contributed by atoms with E-state index >= 15 is 0 Å². The highest BCUT2D eigenvalue weighted by Gasteiger charge is 2.19. The van der Waals surface area contributed by atoms with Gasteiger partial charge < -0.3 is 28.9 Å². The number of hydrogen-bond donors (Lipinski definition) is 2. The second kappa shape index (κ2) is 13.2. The molecule has 8 heteroatoms. The minimum absolute atomic E-state index is 0.688. The second-order valence-corrected chi connectivity index (χ2v) is 11.1. The van der Waals surface area contributed by atoms with E-state index in [9.17, 15) is 0 Å². The van der Waals surface area contributed by atoms with E-state index < -0.39 is 0 Å². The Morgan fingerprint density at radius 1 is 0.375 bits per heavy atom. The molecule has 0 unspecified atom stereocenters. The number of methoxy groups -OCH3 is 4. The number of ether oxygens (including phenoxy) is 4. The smallest absolute Gasteiger partial charge is 0.138 e. The van der Waals surface area contributed by atoms with Gasteiger partial charge in [-0.15, -0.1) is 0 Å². The Hall–Kier alpha value is -6.28. The lowest BCUT2D eigenvalue weighted by Crippen LogP contribution is -1.90. The normalized spacial score (nSPS) is 10.9. The number of hydrogen-bond acceptors (Lipinski definition) is 6. The van der Waals surface area contributed by atoms with Crippen LogP contribution in [0.25, 0.3) is 67.8 Å². The van der Waals surface area contributed by atoms with Crippen LogP contribution in [-0.4, -0.2) is 48.4 Å². The molecular weight excluding hydrogens is 600 g/mol. The van der Waals surface area contributed by atoms with Gasteiger partial charge in [0.25, 0.3) is 0 Å². The lowest BCUT2D eigenvalue weighted by Gasteiger charge is -2.07. The molecule has 0 saturated heterocycles.